The molecule has 0 radical (unpaired) electrons. The summed E-state index contributed by atoms with van der Waals surface area (Å²) < 4.78 is 5.45. The fraction of sp³-hybridized carbons (Fsp3) is 0.562. The maximum absolute atomic E-state index is 11.8. The van der Waals surface area contributed by atoms with Gasteiger partial charge in [-0.05, 0) is 43.4 Å². The van der Waals surface area contributed by atoms with Gasteiger partial charge in [-0.2, -0.15) is 0 Å². The number of hydrogen-bond acceptors (Lipinski definition) is 2. The third-order valence-corrected chi connectivity index (χ3v) is 3.17. The number of rotatable bonds is 7. The molecule has 0 fully saturated rings. The predicted octanol–water partition coefficient (Wildman–Crippen LogP) is 4.14. The molecule has 0 saturated carbocycles. The van der Waals surface area contributed by atoms with Gasteiger partial charge in [0.1, 0.15) is 0 Å². The van der Waals surface area contributed by atoms with Gasteiger partial charge in [0.15, 0.2) is 0 Å². The molecule has 0 aliphatic heterocycles. The zero-order chi connectivity index (χ0) is 15.8. The molecule has 21 heavy (non-hydrogen) atoms. The normalized spacial score (nSPS) is 10.8. The molecule has 118 valence electrons. The lowest BCUT2D eigenvalue weighted by Crippen LogP contribution is -2.30. The summed E-state index contributed by atoms with van der Waals surface area (Å²) in [6, 6.07) is 3.58. The highest BCUT2D eigenvalue weighted by molar-refractivity contribution is 6.34. The lowest BCUT2D eigenvalue weighted by molar-refractivity contribution is 0.108. The second-order valence-corrected chi connectivity index (χ2v) is 6.05. The van der Waals surface area contributed by atoms with Crippen molar-refractivity contribution in [3.8, 4) is 0 Å². The Kier molecular flexibility index (Phi) is 7.54. The molecule has 5 heteroatoms. The summed E-state index contributed by atoms with van der Waals surface area (Å²) in [5.74, 6) is 0.535. The highest BCUT2D eigenvalue weighted by Crippen LogP contribution is 2.27. The maximum atomic E-state index is 11.8. The molecular formula is C16H25ClN2O2. The zero-order valence-corrected chi connectivity index (χ0v) is 14.0. The van der Waals surface area contributed by atoms with Crippen LogP contribution in [0, 0.1) is 19.8 Å². The molecule has 0 aliphatic rings. The van der Waals surface area contributed by atoms with E-state index < -0.39 is 0 Å². The maximum Gasteiger partial charge on any atom is 0.319 e. The van der Waals surface area contributed by atoms with Crippen molar-refractivity contribution in [1.29, 1.82) is 0 Å². The lowest BCUT2D eigenvalue weighted by atomic mass is 10.1. The van der Waals surface area contributed by atoms with Gasteiger partial charge < -0.3 is 15.4 Å². The number of urea groups is 1. The fourth-order valence-corrected chi connectivity index (χ4v) is 2.30. The molecule has 0 aliphatic carbocycles. The first-order valence-corrected chi connectivity index (χ1v) is 7.67. The van der Waals surface area contributed by atoms with E-state index in [0.29, 0.717) is 29.8 Å². The van der Waals surface area contributed by atoms with Crippen molar-refractivity contribution in [3.63, 3.8) is 0 Å². The minimum absolute atomic E-state index is 0.243. The SMILES string of the molecule is Cc1cc(C)c(NC(=O)NCCCOCC(C)C)c(Cl)c1. The molecule has 1 aromatic rings. The standard InChI is InChI=1S/C16H25ClN2O2/c1-11(2)10-21-7-5-6-18-16(20)19-15-13(4)8-12(3)9-14(15)17/h8-9,11H,5-7,10H2,1-4H3,(H2,18,19,20). The van der Waals surface area contributed by atoms with Crippen molar-refractivity contribution in [3.05, 3.63) is 28.3 Å². The van der Waals surface area contributed by atoms with E-state index in [0.717, 1.165) is 24.2 Å². The van der Waals surface area contributed by atoms with Crippen molar-refractivity contribution < 1.29 is 9.53 Å². The molecule has 0 unspecified atom stereocenters. The molecule has 4 nitrogen and oxygen atoms in total. The molecule has 1 rings (SSSR count). The Labute approximate surface area is 132 Å². The minimum atomic E-state index is -0.243. The minimum Gasteiger partial charge on any atom is -0.381 e. The molecule has 2 amide bonds. The van der Waals surface area contributed by atoms with Crippen LogP contribution in [0.4, 0.5) is 10.5 Å². The third kappa shape index (κ3) is 6.82. The van der Waals surface area contributed by atoms with Crippen LogP contribution in [-0.4, -0.2) is 25.8 Å². The highest BCUT2D eigenvalue weighted by atomic mass is 35.5. The number of anilines is 1. The van der Waals surface area contributed by atoms with Gasteiger partial charge in [-0.1, -0.05) is 31.5 Å². The van der Waals surface area contributed by atoms with Gasteiger partial charge in [0, 0.05) is 19.8 Å². The Balaban J connectivity index is 2.31. The Morgan fingerprint density at radius 3 is 2.67 bits per heavy atom. The Bertz CT molecular complexity index is 452. The number of amides is 2. The van der Waals surface area contributed by atoms with Crippen LogP contribution >= 0.6 is 11.6 Å². The van der Waals surface area contributed by atoms with Gasteiger partial charge in [-0.3, -0.25) is 0 Å². The van der Waals surface area contributed by atoms with E-state index in [1.54, 1.807) is 0 Å². The van der Waals surface area contributed by atoms with Gasteiger partial charge in [0.2, 0.25) is 0 Å². The van der Waals surface area contributed by atoms with Gasteiger partial charge in [-0.25, -0.2) is 4.79 Å². The van der Waals surface area contributed by atoms with E-state index in [-0.39, 0.29) is 6.03 Å². The van der Waals surface area contributed by atoms with E-state index in [9.17, 15) is 4.79 Å². The van der Waals surface area contributed by atoms with Gasteiger partial charge in [-0.15, -0.1) is 0 Å². The third-order valence-electron chi connectivity index (χ3n) is 2.87. The van der Waals surface area contributed by atoms with Gasteiger partial charge in [0.05, 0.1) is 10.7 Å². The molecular weight excluding hydrogens is 288 g/mol. The van der Waals surface area contributed by atoms with Crippen molar-refractivity contribution in [1.82, 2.24) is 5.32 Å². The molecule has 2 N–H and O–H groups in total. The van der Waals surface area contributed by atoms with Crippen LogP contribution in [0.1, 0.15) is 31.4 Å². The number of ether oxygens (including phenoxy) is 1. The average Bonchev–Trinajstić information content (AvgIpc) is 2.37. The molecule has 0 atom stereocenters. The van der Waals surface area contributed by atoms with Crippen molar-refractivity contribution in [2.45, 2.75) is 34.1 Å². The summed E-state index contributed by atoms with van der Waals surface area (Å²) in [5.41, 5.74) is 2.69. The molecule has 0 bridgehead atoms. The second-order valence-electron chi connectivity index (χ2n) is 5.64. The Morgan fingerprint density at radius 2 is 2.05 bits per heavy atom. The molecule has 1 aromatic carbocycles. The molecule has 0 saturated heterocycles. The van der Waals surface area contributed by atoms with Crippen molar-refractivity contribution in [2.24, 2.45) is 5.92 Å². The molecule has 0 aromatic heterocycles. The fourth-order valence-electron chi connectivity index (χ4n) is 1.93. The van der Waals surface area contributed by atoms with Crippen LogP contribution in [0.5, 0.6) is 0 Å². The summed E-state index contributed by atoms with van der Waals surface area (Å²) in [4.78, 5) is 11.8. The van der Waals surface area contributed by atoms with Crippen LogP contribution in [0.2, 0.25) is 5.02 Å². The van der Waals surface area contributed by atoms with Crippen LogP contribution in [0.3, 0.4) is 0 Å². The van der Waals surface area contributed by atoms with E-state index in [2.05, 4.69) is 24.5 Å². The number of halogens is 1. The monoisotopic (exact) mass is 312 g/mol. The van der Waals surface area contributed by atoms with Crippen LogP contribution in [0.15, 0.2) is 12.1 Å². The smallest absolute Gasteiger partial charge is 0.319 e. The molecule has 0 heterocycles. The van der Waals surface area contributed by atoms with Crippen LogP contribution in [0.25, 0.3) is 0 Å². The number of nitrogens with one attached hydrogen (secondary N) is 2. The first kappa shape index (κ1) is 17.8. The Hall–Kier alpha value is -1.26. The van der Waals surface area contributed by atoms with Crippen molar-refractivity contribution >= 4 is 23.3 Å². The van der Waals surface area contributed by atoms with Gasteiger partial charge >= 0.3 is 6.03 Å². The highest BCUT2D eigenvalue weighted by Gasteiger charge is 2.08. The van der Waals surface area contributed by atoms with Crippen molar-refractivity contribution in [2.75, 3.05) is 25.1 Å². The van der Waals surface area contributed by atoms with E-state index in [1.807, 2.05) is 26.0 Å². The number of carbonyl (C=O) groups excluding carboxylic acids is 1. The number of aryl methyl sites for hydroxylation is 2. The first-order chi connectivity index (χ1) is 9.90. The van der Waals surface area contributed by atoms with Crippen LogP contribution in [-0.2, 0) is 4.74 Å². The summed E-state index contributed by atoms with van der Waals surface area (Å²) in [5, 5.41) is 6.15. The van der Waals surface area contributed by atoms with E-state index in [4.69, 9.17) is 16.3 Å². The van der Waals surface area contributed by atoms with E-state index >= 15 is 0 Å². The first-order valence-electron chi connectivity index (χ1n) is 7.29. The zero-order valence-electron chi connectivity index (χ0n) is 13.3. The van der Waals surface area contributed by atoms with Gasteiger partial charge in [0.25, 0.3) is 0 Å². The Morgan fingerprint density at radius 1 is 1.33 bits per heavy atom. The lowest BCUT2D eigenvalue weighted by Gasteiger charge is -2.12. The predicted molar refractivity (Wildman–Crippen MR) is 88.2 cm³/mol. The van der Waals surface area contributed by atoms with Crippen LogP contribution < -0.4 is 10.6 Å². The number of carbonyl (C=O) groups is 1. The second kappa shape index (κ2) is 8.90. The van der Waals surface area contributed by atoms with E-state index in [1.165, 1.54) is 0 Å². The summed E-state index contributed by atoms with van der Waals surface area (Å²) in [6.07, 6.45) is 0.792. The average molecular weight is 313 g/mol. The largest absolute Gasteiger partial charge is 0.381 e. The molecule has 0 spiro atoms. The summed E-state index contributed by atoms with van der Waals surface area (Å²) >= 11 is 6.15. The number of hydrogen-bond donors (Lipinski definition) is 2. The topological polar surface area (TPSA) is 50.4 Å². The number of benzene rings is 1. The summed E-state index contributed by atoms with van der Waals surface area (Å²) in [6.45, 7) is 10.1. The quantitative estimate of drug-likeness (QED) is 0.743. The summed E-state index contributed by atoms with van der Waals surface area (Å²) in [7, 11) is 0.